The summed E-state index contributed by atoms with van der Waals surface area (Å²) in [4.78, 5) is 30.5. The van der Waals surface area contributed by atoms with Gasteiger partial charge in [0.15, 0.2) is 11.5 Å². The van der Waals surface area contributed by atoms with Crippen molar-refractivity contribution in [3.8, 4) is 5.82 Å². The number of hydrogen-bond acceptors (Lipinski definition) is 7. The van der Waals surface area contributed by atoms with E-state index in [4.69, 9.17) is 0 Å². The monoisotopic (exact) mass is 457 g/mol. The normalized spacial score (nSPS) is 11.0. The smallest absolute Gasteiger partial charge is 0.229 e. The lowest BCUT2D eigenvalue weighted by Gasteiger charge is -2.11. The Morgan fingerprint density at radius 2 is 1.94 bits per heavy atom. The first-order valence-electron chi connectivity index (χ1n) is 10.4. The largest absolute Gasteiger partial charge is 0.310 e. The van der Waals surface area contributed by atoms with Gasteiger partial charge in [-0.05, 0) is 36.8 Å². The molecule has 5 aromatic rings. The Labute approximate surface area is 193 Å². The van der Waals surface area contributed by atoms with Crippen molar-refractivity contribution in [1.82, 2.24) is 34.3 Å². The summed E-state index contributed by atoms with van der Waals surface area (Å²) in [7, 11) is 1.82. The quantitative estimate of drug-likeness (QED) is 0.402. The van der Waals surface area contributed by atoms with Gasteiger partial charge in [-0.3, -0.25) is 9.48 Å². The lowest BCUT2D eigenvalue weighted by atomic mass is 10.1. The van der Waals surface area contributed by atoms with Crippen LogP contribution in [-0.4, -0.2) is 40.2 Å². The molecule has 0 aliphatic rings. The van der Waals surface area contributed by atoms with Crippen LogP contribution in [0.25, 0.3) is 17.0 Å². The number of halogens is 1. The van der Waals surface area contributed by atoms with E-state index in [9.17, 15) is 9.18 Å². The highest BCUT2D eigenvalue weighted by molar-refractivity contribution is 5.91. The van der Waals surface area contributed by atoms with Gasteiger partial charge in [0.05, 0.1) is 6.42 Å². The Kier molecular flexibility index (Phi) is 5.42. The Balaban J connectivity index is 1.49. The summed E-state index contributed by atoms with van der Waals surface area (Å²) in [5.41, 5.74) is 1.81. The number of benzene rings is 1. The molecule has 11 heteroatoms. The number of pyridine rings is 1. The summed E-state index contributed by atoms with van der Waals surface area (Å²) in [6.07, 6.45) is 3.49. The highest BCUT2D eigenvalue weighted by Crippen LogP contribution is 2.25. The lowest BCUT2D eigenvalue weighted by molar-refractivity contribution is -0.115. The molecule has 2 N–H and O–H groups in total. The van der Waals surface area contributed by atoms with Crippen molar-refractivity contribution in [3.05, 3.63) is 78.1 Å². The van der Waals surface area contributed by atoms with Gasteiger partial charge in [0.2, 0.25) is 11.9 Å². The number of anilines is 3. The first kappa shape index (κ1) is 21.2. The van der Waals surface area contributed by atoms with Gasteiger partial charge in [0.1, 0.15) is 28.8 Å². The van der Waals surface area contributed by atoms with Crippen molar-refractivity contribution in [2.24, 2.45) is 7.05 Å². The number of rotatable bonds is 6. The van der Waals surface area contributed by atoms with Gasteiger partial charge in [0.25, 0.3) is 0 Å². The Morgan fingerprint density at radius 1 is 1.06 bits per heavy atom. The summed E-state index contributed by atoms with van der Waals surface area (Å²) in [6, 6.07) is 13.0. The molecule has 0 radical (unpaired) electrons. The van der Waals surface area contributed by atoms with Gasteiger partial charge in [-0.1, -0.05) is 12.1 Å². The minimum absolute atomic E-state index is 0.0121. The molecule has 34 heavy (non-hydrogen) atoms. The van der Waals surface area contributed by atoms with Crippen LogP contribution in [-0.2, 0) is 18.3 Å². The number of aromatic nitrogens is 7. The summed E-state index contributed by atoms with van der Waals surface area (Å²) in [5, 5.41) is 10.3. The Morgan fingerprint density at radius 3 is 2.74 bits per heavy atom. The molecule has 1 amide bonds. The second-order valence-corrected chi connectivity index (χ2v) is 7.63. The Hall–Kier alpha value is -4.67. The molecule has 5 rings (SSSR count). The predicted octanol–water partition coefficient (Wildman–Crippen LogP) is 3.32. The van der Waals surface area contributed by atoms with Crippen molar-refractivity contribution in [2.75, 3.05) is 10.6 Å². The number of nitrogens with zero attached hydrogens (tertiary/aromatic N) is 7. The highest BCUT2D eigenvalue weighted by atomic mass is 19.1. The highest BCUT2D eigenvalue weighted by Gasteiger charge is 2.17. The molecule has 10 nitrogen and oxygen atoms in total. The number of imidazole rings is 1. The molecular formula is C23H20FN9O. The third kappa shape index (κ3) is 4.44. The first-order chi connectivity index (χ1) is 16.4. The molecule has 0 atom stereocenters. The van der Waals surface area contributed by atoms with Gasteiger partial charge in [0, 0.05) is 31.6 Å². The number of aryl methyl sites for hydroxylation is 2. The van der Waals surface area contributed by atoms with Crippen molar-refractivity contribution < 1.29 is 9.18 Å². The minimum atomic E-state index is -0.391. The van der Waals surface area contributed by atoms with E-state index in [0.717, 1.165) is 0 Å². The molecule has 0 bridgehead atoms. The standard InChI is InChI=1S/C23H20FN9O/c1-14-26-19(29-21(34)12-15-5-3-6-16(24)11-15)13-20(27-14)33-22-17(7-4-9-25-22)28-23(33)30-18-8-10-32(2)31-18/h3-11,13H,12H2,1-2H3,(H,28,30,31)(H,26,27,29,34). The van der Waals surface area contributed by atoms with Crippen molar-refractivity contribution in [3.63, 3.8) is 0 Å². The van der Waals surface area contributed by atoms with Gasteiger partial charge in [-0.15, -0.1) is 0 Å². The molecule has 0 aliphatic carbocycles. The van der Waals surface area contributed by atoms with E-state index in [-0.39, 0.29) is 12.3 Å². The molecule has 170 valence electrons. The number of hydrogen-bond donors (Lipinski definition) is 2. The number of carbonyl (C=O) groups excluding carboxylic acids is 1. The van der Waals surface area contributed by atoms with Crippen LogP contribution < -0.4 is 10.6 Å². The van der Waals surface area contributed by atoms with E-state index >= 15 is 0 Å². The van der Waals surface area contributed by atoms with Crippen LogP contribution in [0.4, 0.5) is 22.0 Å². The zero-order valence-electron chi connectivity index (χ0n) is 18.4. The fraction of sp³-hybridized carbons (Fsp3) is 0.130. The Bertz CT molecular complexity index is 1510. The number of nitrogens with one attached hydrogen (secondary N) is 2. The topological polar surface area (TPSA) is 115 Å². The SMILES string of the molecule is Cc1nc(NC(=O)Cc2cccc(F)c2)cc(-n2c(Nc3ccn(C)n3)nc3cccnc32)n1. The van der Waals surface area contributed by atoms with Gasteiger partial charge < -0.3 is 10.6 Å². The summed E-state index contributed by atoms with van der Waals surface area (Å²) >= 11 is 0. The minimum Gasteiger partial charge on any atom is -0.310 e. The molecule has 0 saturated carbocycles. The van der Waals surface area contributed by atoms with Crippen molar-refractivity contribution in [1.29, 1.82) is 0 Å². The van der Waals surface area contributed by atoms with E-state index < -0.39 is 5.82 Å². The third-order valence-corrected chi connectivity index (χ3v) is 4.94. The van der Waals surface area contributed by atoms with Crippen LogP contribution in [0.1, 0.15) is 11.4 Å². The van der Waals surface area contributed by atoms with Gasteiger partial charge in [-0.25, -0.2) is 28.9 Å². The number of carbonyl (C=O) groups is 1. The molecular weight excluding hydrogens is 437 g/mol. The van der Waals surface area contributed by atoms with E-state index in [1.54, 1.807) is 46.6 Å². The maximum Gasteiger partial charge on any atom is 0.229 e. The molecule has 4 heterocycles. The van der Waals surface area contributed by atoms with Crippen LogP contribution in [0.3, 0.4) is 0 Å². The lowest BCUT2D eigenvalue weighted by Crippen LogP contribution is -2.17. The molecule has 0 saturated heterocycles. The van der Waals surface area contributed by atoms with Gasteiger partial charge in [-0.2, -0.15) is 5.10 Å². The fourth-order valence-electron chi connectivity index (χ4n) is 3.56. The van der Waals surface area contributed by atoms with Crippen molar-refractivity contribution >= 4 is 34.7 Å². The first-order valence-corrected chi connectivity index (χ1v) is 10.4. The molecule has 0 fully saturated rings. The van der Waals surface area contributed by atoms with Crippen LogP contribution >= 0.6 is 0 Å². The number of amides is 1. The van der Waals surface area contributed by atoms with Crippen LogP contribution in [0.2, 0.25) is 0 Å². The van der Waals surface area contributed by atoms with E-state index in [0.29, 0.717) is 46.0 Å². The van der Waals surface area contributed by atoms with Crippen molar-refractivity contribution in [2.45, 2.75) is 13.3 Å². The third-order valence-electron chi connectivity index (χ3n) is 4.94. The van der Waals surface area contributed by atoms with E-state index in [1.165, 1.54) is 12.1 Å². The predicted molar refractivity (Wildman–Crippen MR) is 124 cm³/mol. The summed E-state index contributed by atoms with van der Waals surface area (Å²) < 4.78 is 16.9. The maximum atomic E-state index is 13.5. The molecule has 1 aromatic carbocycles. The van der Waals surface area contributed by atoms with Crippen LogP contribution in [0, 0.1) is 12.7 Å². The molecule has 4 aromatic heterocycles. The number of fused-ring (bicyclic) bond motifs is 1. The average Bonchev–Trinajstić information content (AvgIpc) is 3.36. The zero-order valence-corrected chi connectivity index (χ0v) is 18.4. The summed E-state index contributed by atoms with van der Waals surface area (Å²) in [5.74, 6) is 1.57. The average molecular weight is 457 g/mol. The van der Waals surface area contributed by atoms with Crippen LogP contribution in [0.5, 0.6) is 0 Å². The van der Waals surface area contributed by atoms with Gasteiger partial charge >= 0.3 is 0 Å². The van der Waals surface area contributed by atoms with Crippen LogP contribution in [0.15, 0.2) is 60.9 Å². The van der Waals surface area contributed by atoms with E-state index in [1.807, 2.05) is 25.4 Å². The zero-order chi connectivity index (χ0) is 23.7. The van der Waals surface area contributed by atoms with E-state index in [2.05, 4.69) is 35.7 Å². The second-order valence-electron chi connectivity index (χ2n) is 7.63. The maximum absolute atomic E-state index is 13.5. The second kappa shape index (κ2) is 8.70. The molecule has 0 unspecified atom stereocenters. The molecule has 0 aliphatic heterocycles. The summed E-state index contributed by atoms with van der Waals surface area (Å²) in [6.45, 7) is 1.73. The molecule has 0 spiro atoms. The fourth-order valence-corrected chi connectivity index (χ4v) is 3.56.